The maximum absolute atomic E-state index is 11.1. The number of rotatable bonds is 3. The van der Waals surface area contributed by atoms with Crippen LogP contribution in [-0.2, 0) is 15.9 Å². The van der Waals surface area contributed by atoms with E-state index >= 15 is 0 Å². The highest BCUT2D eigenvalue weighted by atomic mass is 32.1. The Hall–Kier alpha value is -0.910. The Morgan fingerprint density at radius 2 is 2.27 bits per heavy atom. The third-order valence-electron chi connectivity index (χ3n) is 2.33. The number of thiophene rings is 1. The number of hydrogen-bond acceptors (Lipinski definition) is 4. The van der Waals surface area contributed by atoms with Crippen molar-refractivity contribution >= 4 is 17.3 Å². The van der Waals surface area contributed by atoms with Crippen molar-refractivity contribution in [1.82, 2.24) is 0 Å². The number of carboxylic acid groups (broad SMARTS) is 1. The van der Waals surface area contributed by atoms with Crippen LogP contribution in [0.1, 0.15) is 34.0 Å². The van der Waals surface area contributed by atoms with Gasteiger partial charge in [0.05, 0.1) is 23.7 Å². The van der Waals surface area contributed by atoms with Crippen LogP contribution < -0.4 is 0 Å². The summed E-state index contributed by atoms with van der Waals surface area (Å²) in [7, 11) is 0. The molecule has 1 aliphatic heterocycles. The van der Waals surface area contributed by atoms with Gasteiger partial charge in [-0.1, -0.05) is 6.92 Å². The maximum atomic E-state index is 11.1. The molecule has 0 unspecified atom stereocenters. The van der Waals surface area contributed by atoms with Crippen molar-refractivity contribution in [1.29, 1.82) is 0 Å². The zero-order chi connectivity index (χ0) is 10.8. The highest BCUT2D eigenvalue weighted by molar-refractivity contribution is 7.10. The quantitative estimate of drug-likeness (QED) is 0.860. The maximum Gasteiger partial charge on any atom is 0.337 e. The smallest absolute Gasteiger partial charge is 0.337 e. The van der Waals surface area contributed by atoms with Gasteiger partial charge in [0, 0.05) is 0 Å². The van der Waals surface area contributed by atoms with Gasteiger partial charge in [-0.05, 0) is 17.4 Å². The van der Waals surface area contributed by atoms with E-state index in [0.717, 1.165) is 5.56 Å². The van der Waals surface area contributed by atoms with E-state index in [1.807, 2.05) is 12.3 Å². The topological polar surface area (TPSA) is 55.8 Å². The molecule has 4 nitrogen and oxygen atoms in total. The van der Waals surface area contributed by atoms with Gasteiger partial charge in [0.1, 0.15) is 0 Å². The summed E-state index contributed by atoms with van der Waals surface area (Å²) in [5.74, 6) is -0.901. The van der Waals surface area contributed by atoms with E-state index in [-0.39, 0.29) is 0 Å². The summed E-state index contributed by atoms with van der Waals surface area (Å²) >= 11 is 1.40. The molecule has 0 saturated carbocycles. The zero-order valence-electron chi connectivity index (χ0n) is 8.36. The standard InChI is InChI=1S/C10H12O4S/c1-2-6-5-15-8(7(6)9(11)12)10-13-3-4-14-10/h5,10H,2-4H2,1H3,(H,11,12). The molecule has 15 heavy (non-hydrogen) atoms. The number of aromatic carboxylic acids is 1. The van der Waals surface area contributed by atoms with Gasteiger partial charge in [-0.25, -0.2) is 4.79 Å². The molecule has 0 bridgehead atoms. The van der Waals surface area contributed by atoms with E-state index in [1.54, 1.807) is 0 Å². The second-order valence-electron chi connectivity index (χ2n) is 3.23. The second kappa shape index (κ2) is 4.30. The molecule has 1 aliphatic rings. The van der Waals surface area contributed by atoms with Crippen LogP contribution in [0.15, 0.2) is 5.38 Å². The van der Waals surface area contributed by atoms with Crippen molar-refractivity contribution in [3.8, 4) is 0 Å². The zero-order valence-corrected chi connectivity index (χ0v) is 9.17. The van der Waals surface area contributed by atoms with E-state index in [1.165, 1.54) is 11.3 Å². The van der Waals surface area contributed by atoms with Crippen molar-refractivity contribution in [2.75, 3.05) is 13.2 Å². The van der Waals surface area contributed by atoms with Gasteiger partial charge < -0.3 is 14.6 Å². The molecule has 2 rings (SSSR count). The summed E-state index contributed by atoms with van der Waals surface area (Å²) in [5, 5.41) is 11.0. The molecule has 1 N–H and O–H groups in total. The molecular formula is C10H12O4S. The Morgan fingerprint density at radius 3 is 2.80 bits per heavy atom. The van der Waals surface area contributed by atoms with Gasteiger partial charge in [0.2, 0.25) is 0 Å². The Kier molecular flexibility index (Phi) is 3.04. The van der Waals surface area contributed by atoms with Crippen LogP contribution in [0.25, 0.3) is 0 Å². The largest absolute Gasteiger partial charge is 0.478 e. The molecule has 0 radical (unpaired) electrons. The van der Waals surface area contributed by atoms with Gasteiger partial charge in [-0.2, -0.15) is 0 Å². The van der Waals surface area contributed by atoms with E-state index in [9.17, 15) is 4.79 Å². The minimum absolute atomic E-state index is 0.356. The van der Waals surface area contributed by atoms with E-state index in [0.29, 0.717) is 30.1 Å². The molecule has 0 spiro atoms. The van der Waals surface area contributed by atoms with Gasteiger partial charge in [-0.15, -0.1) is 11.3 Å². The van der Waals surface area contributed by atoms with Crippen LogP contribution in [0, 0.1) is 0 Å². The highest BCUT2D eigenvalue weighted by Gasteiger charge is 2.27. The lowest BCUT2D eigenvalue weighted by Gasteiger charge is -2.08. The first-order valence-electron chi connectivity index (χ1n) is 4.80. The minimum Gasteiger partial charge on any atom is -0.478 e. The van der Waals surface area contributed by atoms with Crippen LogP contribution in [0.5, 0.6) is 0 Å². The molecule has 1 fully saturated rings. The third-order valence-corrected chi connectivity index (χ3v) is 3.38. The number of hydrogen-bond donors (Lipinski definition) is 1. The molecule has 1 aromatic rings. The summed E-state index contributed by atoms with van der Waals surface area (Å²) in [4.78, 5) is 11.8. The minimum atomic E-state index is -0.901. The van der Waals surface area contributed by atoms with Gasteiger partial charge in [-0.3, -0.25) is 0 Å². The summed E-state index contributed by atoms with van der Waals surface area (Å²) in [6.07, 6.45) is 0.228. The Morgan fingerprint density at radius 1 is 1.60 bits per heavy atom. The van der Waals surface area contributed by atoms with Crippen LogP contribution in [0.4, 0.5) is 0 Å². The predicted octanol–water partition coefficient (Wildman–Crippen LogP) is 2.05. The van der Waals surface area contributed by atoms with E-state index in [4.69, 9.17) is 14.6 Å². The van der Waals surface area contributed by atoms with E-state index < -0.39 is 12.3 Å². The fourth-order valence-corrected chi connectivity index (χ4v) is 2.73. The van der Waals surface area contributed by atoms with Gasteiger partial charge in [0.15, 0.2) is 6.29 Å². The monoisotopic (exact) mass is 228 g/mol. The summed E-state index contributed by atoms with van der Waals surface area (Å²) in [6.45, 7) is 3.00. The fourth-order valence-electron chi connectivity index (χ4n) is 1.60. The molecule has 0 atom stereocenters. The van der Waals surface area contributed by atoms with Crippen LogP contribution in [0.3, 0.4) is 0 Å². The molecule has 1 aromatic heterocycles. The van der Waals surface area contributed by atoms with Crippen molar-refractivity contribution in [3.05, 3.63) is 21.4 Å². The highest BCUT2D eigenvalue weighted by Crippen LogP contribution is 2.33. The molecular weight excluding hydrogens is 216 g/mol. The Labute approximate surface area is 91.4 Å². The fraction of sp³-hybridized carbons (Fsp3) is 0.500. The van der Waals surface area contributed by atoms with Crippen molar-refractivity contribution in [2.24, 2.45) is 0 Å². The van der Waals surface area contributed by atoms with Crippen LogP contribution >= 0.6 is 11.3 Å². The average Bonchev–Trinajstić information content (AvgIpc) is 2.85. The normalized spacial score (nSPS) is 17.1. The van der Waals surface area contributed by atoms with Crippen LogP contribution in [0.2, 0.25) is 0 Å². The lowest BCUT2D eigenvalue weighted by atomic mass is 10.1. The number of aryl methyl sites for hydroxylation is 1. The molecule has 0 aliphatic carbocycles. The number of carboxylic acids is 1. The van der Waals surface area contributed by atoms with Crippen molar-refractivity contribution in [3.63, 3.8) is 0 Å². The van der Waals surface area contributed by atoms with Crippen molar-refractivity contribution in [2.45, 2.75) is 19.6 Å². The first-order chi connectivity index (χ1) is 7.24. The molecule has 5 heteroatoms. The van der Waals surface area contributed by atoms with Gasteiger partial charge in [0.25, 0.3) is 0 Å². The number of carbonyl (C=O) groups is 1. The van der Waals surface area contributed by atoms with Crippen LogP contribution in [-0.4, -0.2) is 24.3 Å². The first-order valence-corrected chi connectivity index (χ1v) is 5.68. The lowest BCUT2D eigenvalue weighted by Crippen LogP contribution is -2.06. The summed E-state index contributed by atoms with van der Waals surface area (Å²) in [6, 6.07) is 0. The molecule has 1 saturated heterocycles. The number of ether oxygens (including phenoxy) is 2. The third kappa shape index (κ3) is 1.90. The van der Waals surface area contributed by atoms with E-state index in [2.05, 4.69) is 0 Å². The molecule has 0 aromatic carbocycles. The lowest BCUT2D eigenvalue weighted by molar-refractivity contribution is -0.0420. The van der Waals surface area contributed by atoms with Gasteiger partial charge >= 0.3 is 5.97 Å². The first kappa shape index (κ1) is 10.6. The Bertz CT molecular complexity index is 365. The summed E-state index contributed by atoms with van der Waals surface area (Å²) in [5.41, 5.74) is 1.20. The second-order valence-corrected chi connectivity index (χ2v) is 4.14. The molecule has 0 amide bonds. The molecule has 82 valence electrons. The SMILES string of the molecule is CCc1csc(C2OCCO2)c1C(=O)O. The average molecular weight is 228 g/mol. The summed E-state index contributed by atoms with van der Waals surface area (Å²) < 4.78 is 10.6. The Balaban J connectivity index is 2.37. The predicted molar refractivity (Wildman–Crippen MR) is 55.3 cm³/mol. The van der Waals surface area contributed by atoms with Crippen molar-refractivity contribution < 1.29 is 19.4 Å². The molecule has 2 heterocycles.